The maximum absolute atomic E-state index is 12.1. The lowest BCUT2D eigenvalue weighted by molar-refractivity contribution is -0.124. The van der Waals surface area contributed by atoms with E-state index in [0.717, 1.165) is 13.0 Å². The molecule has 0 aliphatic heterocycles. The molecule has 1 unspecified atom stereocenters. The highest BCUT2D eigenvalue weighted by Crippen LogP contribution is 2.30. The molecule has 2 rings (SSSR count). The second-order valence-corrected chi connectivity index (χ2v) is 7.57. The summed E-state index contributed by atoms with van der Waals surface area (Å²) in [4.78, 5) is 15.0. The third-order valence-electron chi connectivity index (χ3n) is 4.12. The van der Waals surface area contributed by atoms with Crippen LogP contribution in [0.25, 0.3) is 0 Å². The fourth-order valence-electron chi connectivity index (χ4n) is 2.35. The Morgan fingerprint density at radius 1 is 1.45 bits per heavy atom. The van der Waals surface area contributed by atoms with Crippen LogP contribution in [0.4, 0.5) is 0 Å². The van der Waals surface area contributed by atoms with Gasteiger partial charge in [0.05, 0.1) is 6.04 Å². The van der Waals surface area contributed by atoms with Crippen molar-refractivity contribution in [3.63, 3.8) is 0 Å². The van der Waals surface area contributed by atoms with Gasteiger partial charge in [-0.2, -0.15) is 0 Å². The first-order chi connectivity index (χ1) is 9.41. The van der Waals surface area contributed by atoms with Gasteiger partial charge in [-0.15, -0.1) is 11.3 Å². The number of rotatable bonds is 6. The fourth-order valence-corrected chi connectivity index (χ4v) is 3.57. The normalized spacial score (nSPS) is 16.0. The van der Waals surface area contributed by atoms with E-state index in [2.05, 4.69) is 37.5 Å². The molecule has 0 bridgehead atoms. The van der Waals surface area contributed by atoms with Gasteiger partial charge in [-0.25, -0.2) is 0 Å². The zero-order chi connectivity index (χ0) is 14.8. The molecule has 20 heavy (non-hydrogen) atoms. The van der Waals surface area contributed by atoms with Crippen molar-refractivity contribution in [2.24, 2.45) is 0 Å². The largest absolute Gasteiger partial charge is 0.350 e. The lowest BCUT2D eigenvalue weighted by atomic mass is 10.0. The number of carbonyl (C=O) groups excluding carboxylic acids is 1. The van der Waals surface area contributed by atoms with Gasteiger partial charge in [-0.1, -0.05) is 6.92 Å². The number of aryl methyl sites for hydroxylation is 2. The minimum atomic E-state index is -0.155. The van der Waals surface area contributed by atoms with E-state index in [0.29, 0.717) is 0 Å². The average Bonchev–Trinajstić information content (AvgIpc) is 2.95. The van der Waals surface area contributed by atoms with Gasteiger partial charge in [0.15, 0.2) is 0 Å². The van der Waals surface area contributed by atoms with Gasteiger partial charge in [0.2, 0.25) is 5.91 Å². The predicted molar refractivity (Wildman–Crippen MR) is 85.2 cm³/mol. The minimum Gasteiger partial charge on any atom is -0.350 e. The van der Waals surface area contributed by atoms with Crippen LogP contribution in [-0.4, -0.2) is 17.5 Å². The molecule has 112 valence electrons. The van der Waals surface area contributed by atoms with Gasteiger partial charge < -0.3 is 10.6 Å². The topological polar surface area (TPSA) is 41.1 Å². The molecule has 3 nitrogen and oxygen atoms in total. The first kappa shape index (κ1) is 15.5. The number of hydrogen-bond donors (Lipinski definition) is 2. The highest BCUT2D eigenvalue weighted by molar-refractivity contribution is 7.12. The Morgan fingerprint density at radius 2 is 2.20 bits per heavy atom. The third-order valence-corrected chi connectivity index (χ3v) is 5.36. The van der Waals surface area contributed by atoms with Crippen molar-refractivity contribution in [2.45, 2.75) is 71.5 Å². The SMILES string of the molecule is CCC(C)(C)NC(=O)C(C)NCc1cc2c(s1)CCC2. The zero-order valence-electron chi connectivity index (χ0n) is 13.0. The van der Waals surface area contributed by atoms with Gasteiger partial charge in [-0.05, 0) is 58.1 Å². The highest BCUT2D eigenvalue weighted by Gasteiger charge is 2.22. The molecule has 1 aliphatic rings. The molecule has 1 aromatic rings. The molecular formula is C16H26N2OS. The lowest BCUT2D eigenvalue weighted by Crippen LogP contribution is -2.50. The Morgan fingerprint density at radius 3 is 2.85 bits per heavy atom. The van der Waals surface area contributed by atoms with E-state index >= 15 is 0 Å². The van der Waals surface area contributed by atoms with Gasteiger partial charge in [0.25, 0.3) is 0 Å². The molecule has 0 aromatic carbocycles. The quantitative estimate of drug-likeness (QED) is 0.847. The molecule has 0 radical (unpaired) electrons. The summed E-state index contributed by atoms with van der Waals surface area (Å²) in [5, 5.41) is 6.42. The molecule has 1 aromatic heterocycles. The summed E-state index contributed by atoms with van der Waals surface area (Å²) in [7, 11) is 0. The molecule has 1 atom stereocenters. The van der Waals surface area contributed by atoms with Gasteiger partial charge in [0.1, 0.15) is 0 Å². The Kier molecular flexibility index (Phi) is 4.86. The van der Waals surface area contributed by atoms with Crippen LogP contribution in [0, 0.1) is 0 Å². The average molecular weight is 294 g/mol. The van der Waals surface area contributed by atoms with Crippen LogP contribution < -0.4 is 10.6 Å². The first-order valence-corrected chi connectivity index (χ1v) is 8.39. The Bertz CT molecular complexity index is 457. The molecule has 1 heterocycles. The van der Waals surface area contributed by atoms with Gasteiger partial charge >= 0.3 is 0 Å². The molecule has 2 N–H and O–H groups in total. The van der Waals surface area contributed by atoms with E-state index in [9.17, 15) is 4.79 Å². The molecule has 1 aliphatic carbocycles. The van der Waals surface area contributed by atoms with Crippen LogP contribution >= 0.6 is 11.3 Å². The van der Waals surface area contributed by atoms with E-state index in [1.165, 1.54) is 29.7 Å². The van der Waals surface area contributed by atoms with Crippen molar-refractivity contribution >= 4 is 17.2 Å². The maximum Gasteiger partial charge on any atom is 0.237 e. The Balaban J connectivity index is 1.82. The van der Waals surface area contributed by atoms with Crippen LogP contribution in [-0.2, 0) is 24.2 Å². The zero-order valence-corrected chi connectivity index (χ0v) is 13.8. The van der Waals surface area contributed by atoms with Crippen LogP contribution in [0.2, 0.25) is 0 Å². The Hall–Kier alpha value is -0.870. The van der Waals surface area contributed by atoms with Gasteiger partial charge in [-0.3, -0.25) is 4.79 Å². The number of fused-ring (bicyclic) bond motifs is 1. The third kappa shape index (κ3) is 3.83. The second-order valence-electron chi connectivity index (χ2n) is 6.34. The molecule has 0 spiro atoms. The highest BCUT2D eigenvalue weighted by atomic mass is 32.1. The smallest absolute Gasteiger partial charge is 0.237 e. The number of amides is 1. The monoisotopic (exact) mass is 294 g/mol. The Labute approximate surface area is 126 Å². The van der Waals surface area contributed by atoms with Crippen molar-refractivity contribution in [1.29, 1.82) is 0 Å². The number of thiophene rings is 1. The first-order valence-electron chi connectivity index (χ1n) is 7.57. The van der Waals surface area contributed by atoms with E-state index in [1.54, 1.807) is 4.88 Å². The summed E-state index contributed by atoms with van der Waals surface area (Å²) >= 11 is 1.90. The van der Waals surface area contributed by atoms with Crippen molar-refractivity contribution in [3.8, 4) is 0 Å². The van der Waals surface area contributed by atoms with E-state index in [-0.39, 0.29) is 17.5 Å². The summed E-state index contributed by atoms with van der Waals surface area (Å²) in [6, 6.07) is 2.15. The van der Waals surface area contributed by atoms with Gasteiger partial charge in [0, 0.05) is 21.8 Å². The second kappa shape index (κ2) is 6.27. The molecule has 0 saturated carbocycles. The molecule has 1 amide bonds. The predicted octanol–water partition coefficient (Wildman–Crippen LogP) is 3.02. The molecular weight excluding hydrogens is 268 g/mol. The molecule has 0 fully saturated rings. The number of carbonyl (C=O) groups is 1. The fraction of sp³-hybridized carbons (Fsp3) is 0.688. The summed E-state index contributed by atoms with van der Waals surface area (Å²) in [5.41, 5.74) is 1.40. The van der Waals surface area contributed by atoms with Crippen molar-refractivity contribution in [2.75, 3.05) is 0 Å². The summed E-state index contributed by atoms with van der Waals surface area (Å²) in [6.07, 6.45) is 4.70. The number of nitrogens with one attached hydrogen (secondary N) is 2. The van der Waals surface area contributed by atoms with E-state index < -0.39 is 0 Å². The minimum absolute atomic E-state index is 0.0842. The summed E-state index contributed by atoms with van der Waals surface area (Å²) in [6.45, 7) is 8.93. The standard InChI is InChI=1S/C16H26N2OS/c1-5-16(3,4)18-15(19)11(2)17-10-13-9-12-7-6-8-14(12)20-13/h9,11,17H,5-8,10H2,1-4H3,(H,18,19). The molecule has 4 heteroatoms. The van der Waals surface area contributed by atoms with Crippen LogP contribution in [0.1, 0.15) is 55.9 Å². The maximum atomic E-state index is 12.1. The van der Waals surface area contributed by atoms with Crippen LogP contribution in [0.3, 0.4) is 0 Å². The van der Waals surface area contributed by atoms with Crippen molar-refractivity contribution in [3.05, 3.63) is 21.4 Å². The van der Waals surface area contributed by atoms with Crippen LogP contribution in [0.15, 0.2) is 6.07 Å². The summed E-state index contributed by atoms with van der Waals surface area (Å²) < 4.78 is 0. The van der Waals surface area contributed by atoms with E-state index in [1.807, 2.05) is 18.3 Å². The van der Waals surface area contributed by atoms with Crippen molar-refractivity contribution < 1.29 is 4.79 Å². The van der Waals surface area contributed by atoms with Crippen LogP contribution in [0.5, 0.6) is 0 Å². The lowest BCUT2D eigenvalue weighted by Gasteiger charge is -2.26. The van der Waals surface area contributed by atoms with Crippen molar-refractivity contribution in [1.82, 2.24) is 10.6 Å². The summed E-state index contributed by atoms with van der Waals surface area (Å²) in [5.74, 6) is 0.0842. The van der Waals surface area contributed by atoms with E-state index in [4.69, 9.17) is 0 Å². The molecule has 0 saturated heterocycles. The number of hydrogen-bond acceptors (Lipinski definition) is 3.